The van der Waals surface area contributed by atoms with Gasteiger partial charge in [0.1, 0.15) is 10.2 Å². The quantitative estimate of drug-likeness (QED) is 0.807. The number of aromatic nitrogens is 1. The summed E-state index contributed by atoms with van der Waals surface area (Å²) in [6.45, 7) is 5.23. The average molecular weight is 291 g/mol. The van der Waals surface area contributed by atoms with Crippen LogP contribution in [0.15, 0.2) is 16.9 Å². The van der Waals surface area contributed by atoms with E-state index in [9.17, 15) is 9.18 Å². The van der Waals surface area contributed by atoms with E-state index in [1.807, 2.05) is 0 Å². The van der Waals surface area contributed by atoms with Crippen molar-refractivity contribution in [3.05, 3.63) is 22.7 Å². The van der Waals surface area contributed by atoms with E-state index in [1.165, 1.54) is 6.20 Å². The molecule has 16 heavy (non-hydrogen) atoms. The van der Waals surface area contributed by atoms with Gasteiger partial charge in [-0.15, -0.1) is 0 Å². The number of hydrogen-bond donors (Lipinski definition) is 1. The van der Waals surface area contributed by atoms with Crippen LogP contribution in [0.3, 0.4) is 0 Å². The molecule has 6 heteroatoms. The molecule has 1 N–H and O–H groups in total. The number of nitrogens with one attached hydrogen (secondary N) is 1. The van der Waals surface area contributed by atoms with Gasteiger partial charge in [-0.25, -0.2) is 14.2 Å². The van der Waals surface area contributed by atoms with Crippen molar-refractivity contribution in [3.8, 4) is 0 Å². The van der Waals surface area contributed by atoms with Gasteiger partial charge in [-0.2, -0.15) is 0 Å². The van der Waals surface area contributed by atoms with Crippen LogP contribution in [-0.4, -0.2) is 16.7 Å². The van der Waals surface area contributed by atoms with E-state index in [0.29, 0.717) is 0 Å². The van der Waals surface area contributed by atoms with Crippen LogP contribution in [0.25, 0.3) is 0 Å². The van der Waals surface area contributed by atoms with Crippen molar-refractivity contribution in [2.45, 2.75) is 26.4 Å². The molecule has 88 valence electrons. The van der Waals surface area contributed by atoms with Gasteiger partial charge in [0.05, 0.1) is 11.9 Å². The van der Waals surface area contributed by atoms with Crippen LogP contribution in [0.1, 0.15) is 20.8 Å². The average Bonchev–Trinajstić information content (AvgIpc) is 2.08. The summed E-state index contributed by atoms with van der Waals surface area (Å²) in [5.74, 6) is -0.548. The zero-order valence-electron chi connectivity index (χ0n) is 9.17. The summed E-state index contributed by atoms with van der Waals surface area (Å²) >= 11 is 2.91. The van der Waals surface area contributed by atoms with E-state index in [-0.39, 0.29) is 10.3 Å². The minimum atomic E-state index is -0.643. The number of anilines is 1. The number of rotatable bonds is 1. The van der Waals surface area contributed by atoms with Crippen LogP contribution >= 0.6 is 15.9 Å². The van der Waals surface area contributed by atoms with Gasteiger partial charge in [0.25, 0.3) is 0 Å². The topological polar surface area (TPSA) is 51.2 Å². The van der Waals surface area contributed by atoms with Crippen molar-refractivity contribution < 1.29 is 13.9 Å². The summed E-state index contributed by atoms with van der Waals surface area (Å²) in [4.78, 5) is 15.0. The van der Waals surface area contributed by atoms with E-state index in [2.05, 4.69) is 26.2 Å². The molecular weight excluding hydrogens is 279 g/mol. The molecular formula is C10H12BrFN2O2. The molecule has 1 rings (SSSR count). The van der Waals surface area contributed by atoms with Crippen LogP contribution in [0.5, 0.6) is 0 Å². The van der Waals surface area contributed by atoms with Gasteiger partial charge in [0, 0.05) is 6.07 Å². The lowest BCUT2D eigenvalue weighted by atomic mass is 10.2. The van der Waals surface area contributed by atoms with E-state index in [0.717, 1.165) is 6.07 Å². The van der Waals surface area contributed by atoms with E-state index < -0.39 is 17.5 Å². The molecule has 0 aliphatic carbocycles. The maximum absolute atomic E-state index is 13.1. The largest absolute Gasteiger partial charge is 0.444 e. The monoisotopic (exact) mass is 290 g/mol. The highest BCUT2D eigenvalue weighted by Crippen LogP contribution is 2.17. The molecule has 0 atom stereocenters. The first-order valence-electron chi connectivity index (χ1n) is 4.59. The fraction of sp³-hybridized carbons (Fsp3) is 0.400. The van der Waals surface area contributed by atoms with Crippen LogP contribution in [0.4, 0.5) is 14.9 Å². The molecule has 0 saturated heterocycles. The molecule has 1 aromatic rings. The number of nitrogens with zero attached hydrogens (tertiary/aromatic N) is 1. The molecule has 0 bridgehead atoms. The number of halogens is 2. The standard InChI is InChI=1S/C10H12BrFN2O2/c1-10(2,3)16-9(15)14-6-4-7(12)8(11)13-5-6/h4-5H,1-3H3,(H,14,15). The van der Waals surface area contributed by atoms with Gasteiger partial charge in [-0.3, -0.25) is 5.32 Å². The fourth-order valence-electron chi connectivity index (χ4n) is 0.911. The highest BCUT2D eigenvalue weighted by atomic mass is 79.9. The van der Waals surface area contributed by atoms with Gasteiger partial charge in [0.2, 0.25) is 0 Å². The molecule has 0 aliphatic rings. The highest BCUT2D eigenvalue weighted by Gasteiger charge is 2.16. The van der Waals surface area contributed by atoms with Crippen LogP contribution < -0.4 is 5.32 Å². The van der Waals surface area contributed by atoms with Crippen molar-refractivity contribution in [1.82, 2.24) is 4.98 Å². The first kappa shape index (κ1) is 12.9. The molecule has 0 saturated carbocycles. The first-order valence-corrected chi connectivity index (χ1v) is 5.38. The third kappa shape index (κ3) is 4.14. The van der Waals surface area contributed by atoms with Gasteiger partial charge < -0.3 is 4.74 Å². The second-order valence-electron chi connectivity index (χ2n) is 4.12. The SMILES string of the molecule is CC(C)(C)OC(=O)Nc1cnc(Br)c(F)c1. The lowest BCUT2D eigenvalue weighted by molar-refractivity contribution is 0.0636. The van der Waals surface area contributed by atoms with E-state index >= 15 is 0 Å². The van der Waals surface area contributed by atoms with Crippen LogP contribution in [0.2, 0.25) is 0 Å². The van der Waals surface area contributed by atoms with Crippen LogP contribution in [-0.2, 0) is 4.74 Å². The summed E-state index contributed by atoms with van der Waals surface area (Å²) in [7, 11) is 0. The second-order valence-corrected chi connectivity index (χ2v) is 4.87. The van der Waals surface area contributed by atoms with Crippen molar-refractivity contribution in [3.63, 3.8) is 0 Å². The summed E-state index contributed by atoms with van der Waals surface area (Å²) in [6.07, 6.45) is 0.688. The molecule has 0 radical (unpaired) electrons. The zero-order valence-corrected chi connectivity index (χ0v) is 10.8. The van der Waals surface area contributed by atoms with Gasteiger partial charge >= 0.3 is 6.09 Å². The Morgan fingerprint density at radius 1 is 1.56 bits per heavy atom. The predicted molar refractivity (Wildman–Crippen MR) is 61.8 cm³/mol. The lowest BCUT2D eigenvalue weighted by Crippen LogP contribution is -2.27. The molecule has 0 spiro atoms. The Morgan fingerprint density at radius 2 is 2.19 bits per heavy atom. The number of carbonyl (C=O) groups is 1. The minimum Gasteiger partial charge on any atom is -0.444 e. The second kappa shape index (κ2) is 4.78. The number of hydrogen-bond acceptors (Lipinski definition) is 3. The molecule has 0 unspecified atom stereocenters. The Morgan fingerprint density at radius 3 is 2.69 bits per heavy atom. The fourth-order valence-corrected chi connectivity index (χ4v) is 1.13. The number of amides is 1. The van der Waals surface area contributed by atoms with Gasteiger partial charge in [0.15, 0.2) is 5.82 Å². The smallest absolute Gasteiger partial charge is 0.412 e. The third-order valence-corrected chi connectivity index (χ3v) is 2.03. The number of ether oxygens (including phenoxy) is 1. The Bertz CT molecular complexity index is 404. The van der Waals surface area contributed by atoms with Gasteiger partial charge in [-0.05, 0) is 36.7 Å². The maximum Gasteiger partial charge on any atom is 0.412 e. The van der Waals surface area contributed by atoms with Crippen molar-refractivity contribution in [2.75, 3.05) is 5.32 Å². The molecule has 1 heterocycles. The lowest BCUT2D eigenvalue weighted by Gasteiger charge is -2.19. The van der Waals surface area contributed by atoms with Crippen molar-refractivity contribution in [1.29, 1.82) is 0 Å². The Labute approximate surface area is 101 Å². The summed E-state index contributed by atoms with van der Waals surface area (Å²) in [6, 6.07) is 1.15. The number of pyridine rings is 1. The summed E-state index contributed by atoms with van der Waals surface area (Å²) in [5, 5.41) is 2.38. The van der Waals surface area contributed by atoms with Crippen LogP contribution in [0, 0.1) is 5.82 Å². The molecule has 1 amide bonds. The molecule has 0 aromatic carbocycles. The first-order chi connectivity index (χ1) is 7.28. The number of carbonyl (C=O) groups excluding carboxylic acids is 1. The Kier molecular flexibility index (Phi) is 3.85. The zero-order chi connectivity index (χ0) is 12.3. The maximum atomic E-state index is 13.1. The summed E-state index contributed by atoms with van der Waals surface area (Å²) in [5.41, 5.74) is -0.347. The summed E-state index contributed by atoms with van der Waals surface area (Å²) < 4.78 is 18.2. The van der Waals surface area contributed by atoms with Crippen molar-refractivity contribution in [2.24, 2.45) is 0 Å². The minimum absolute atomic E-state index is 0.0993. The molecule has 0 fully saturated rings. The van der Waals surface area contributed by atoms with E-state index in [1.54, 1.807) is 20.8 Å². The van der Waals surface area contributed by atoms with Crippen molar-refractivity contribution >= 4 is 27.7 Å². The van der Waals surface area contributed by atoms with E-state index in [4.69, 9.17) is 4.74 Å². The van der Waals surface area contributed by atoms with Gasteiger partial charge in [-0.1, -0.05) is 0 Å². The predicted octanol–water partition coefficient (Wildman–Crippen LogP) is 3.33. The molecule has 4 nitrogen and oxygen atoms in total. The molecule has 0 aliphatic heterocycles. The Hall–Kier alpha value is -1.17. The normalized spacial score (nSPS) is 11.1. The highest BCUT2D eigenvalue weighted by molar-refractivity contribution is 9.10. The molecule has 1 aromatic heterocycles. The third-order valence-electron chi connectivity index (χ3n) is 1.44. The Balaban J connectivity index is 2.67.